The third kappa shape index (κ3) is 4.57. The highest BCUT2D eigenvalue weighted by Gasteiger charge is 2.04. The Morgan fingerprint density at radius 3 is 2.89 bits per heavy atom. The molecule has 0 aliphatic heterocycles. The van der Waals surface area contributed by atoms with E-state index in [0.29, 0.717) is 11.6 Å². The van der Waals surface area contributed by atoms with Gasteiger partial charge in [0, 0.05) is 21.3 Å². The molecule has 4 nitrogen and oxygen atoms in total. The number of thioether (sulfide) groups is 1. The summed E-state index contributed by atoms with van der Waals surface area (Å²) in [7, 11) is 0. The number of carbonyl (C=O) groups is 1. The zero-order valence-corrected chi connectivity index (χ0v) is 12.4. The van der Waals surface area contributed by atoms with Crippen LogP contribution < -0.4 is 11.1 Å². The second-order valence-corrected chi connectivity index (χ2v) is 5.73. The van der Waals surface area contributed by atoms with Crippen molar-refractivity contribution in [1.29, 1.82) is 0 Å². The maximum Gasteiger partial charge on any atom is 0.234 e. The van der Waals surface area contributed by atoms with Crippen molar-refractivity contribution in [3.63, 3.8) is 0 Å². The second kappa shape index (κ2) is 6.58. The first-order valence-corrected chi connectivity index (χ1v) is 7.31. The Morgan fingerprint density at radius 2 is 2.21 bits per heavy atom. The fraction of sp³-hybridized carbons (Fsp3) is 0.0769. The van der Waals surface area contributed by atoms with Crippen molar-refractivity contribution in [3.05, 3.63) is 47.1 Å². The van der Waals surface area contributed by atoms with E-state index in [1.807, 2.05) is 30.3 Å². The Balaban J connectivity index is 1.86. The topological polar surface area (TPSA) is 68.0 Å². The number of aromatic nitrogens is 1. The Labute approximate surface area is 123 Å². The molecule has 0 saturated heterocycles. The summed E-state index contributed by atoms with van der Waals surface area (Å²) < 4.78 is 0.931. The molecule has 98 valence electrons. The fourth-order valence-corrected chi connectivity index (χ4v) is 2.45. The SMILES string of the molecule is Nc1ccc(SCC(=O)Nc2cccc(Br)c2)cn1. The van der Waals surface area contributed by atoms with Gasteiger partial charge in [0.2, 0.25) is 5.91 Å². The quantitative estimate of drug-likeness (QED) is 0.841. The summed E-state index contributed by atoms with van der Waals surface area (Å²) in [6.45, 7) is 0. The molecule has 6 heteroatoms. The summed E-state index contributed by atoms with van der Waals surface area (Å²) in [5.41, 5.74) is 6.27. The van der Waals surface area contributed by atoms with E-state index in [1.165, 1.54) is 11.8 Å². The Kier molecular flexibility index (Phi) is 4.81. The third-order valence-electron chi connectivity index (χ3n) is 2.24. The van der Waals surface area contributed by atoms with Crippen molar-refractivity contribution >= 4 is 45.1 Å². The summed E-state index contributed by atoms with van der Waals surface area (Å²) in [5, 5.41) is 2.83. The van der Waals surface area contributed by atoms with Crippen molar-refractivity contribution in [2.45, 2.75) is 4.90 Å². The van der Waals surface area contributed by atoms with Gasteiger partial charge >= 0.3 is 0 Å². The molecule has 1 aromatic carbocycles. The van der Waals surface area contributed by atoms with Crippen LogP contribution in [0.3, 0.4) is 0 Å². The predicted molar refractivity (Wildman–Crippen MR) is 82.1 cm³/mol. The van der Waals surface area contributed by atoms with Crippen LogP contribution in [-0.2, 0) is 4.79 Å². The number of nitrogens with two attached hydrogens (primary N) is 1. The number of nitrogens with one attached hydrogen (secondary N) is 1. The normalized spacial score (nSPS) is 10.2. The first-order valence-electron chi connectivity index (χ1n) is 5.53. The predicted octanol–water partition coefficient (Wildman–Crippen LogP) is 3.16. The molecular weight excluding hydrogens is 326 g/mol. The number of hydrogen-bond donors (Lipinski definition) is 2. The average Bonchev–Trinajstić information content (AvgIpc) is 2.38. The van der Waals surface area contributed by atoms with E-state index in [1.54, 1.807) is 12.3 Å². The number of carbonyl (C=O) groups excluding carboxylic acids is 1. The number of benzene rings is 1. The summed E-state index contributed by atoms with van der Waals surface area (Å²) in [6.07, 6.45) is 1.66. The maximum absolute atomic E-state index is 11.8. The molecule has 0 unspecified atom stereocenters. The van der Waals surface area contributed by atoms with Gasteiger partial charge in [-0.15, -0.1) is 11.8 Å². The summed E-state index contributed by atoms with van der Waals surface area (Å²) >= 11 is 4.78. The number of amides is 1. The summed E-state index contributed by atoms with van der Waals surface area (Å²) in [4.78, 5) is 16.7. The van der Waals surface area contributed by atoms with E-state index in [0.717, 1.165) is 15.1 Å². The van der Waals surface area contributed by atoms with Gasteiger partial charge in [-0.3, -0.25) is 4.79 Å². The average molecular weight is 338 g/mol. The minimum Gasteiger partial charge on any atom is -0.384 e. The van der Waals surface area contributed by atoms with Gasteiger partial charge in [-0.05, 0) is 30.3 Å². The van der Waals surface area contributed by atoms with Gasteiger partial charge in [-0.2, -0.15) is 0 Å². The highest BCUT2D eigenvalue weighted by molar-refractivity contribution is 9.10. The number of halogens is 1. The van der Waals surface area contributed by atoms with Gasteiger partial charge in [-0.25, -0.2) is 4.98 Å². The molecule has 1 amide bonds. The highest BCUT2D eigenvalue weighted by atomic mass is 79.9. The Morgan fingerprint density at radius 1 is 1.37 bits per heavy atom. The van der Waals surface area contributed by atoms with Gasteiger partial charge in [-0.1, -0.05) is 22.0 Å². The minimum absolute atomic E-state index is 0.0556. The van der Waals surface area contributed by atoms with E-state index in [2.05, 4.69) is 26.2 Å². The van der Waals surface area contributed by atoms with E-state index in [-0.39, 0.29) is 5.91 Å². The number of rotatable bonds is 4. The molecule has 1 aromatic heterocycles. The molecule has 3 N–H and O–H groups in total. The van der Waals surface area contributed by atoms with Gasteiger partial charge in [0.1, 0.15) is 5.82 Å². The van der Waals surface area contributed by atoms with Crippen molar-refractivity contribution in [3.8, 4) is 0 Å². The molecule has 2 rings (SSSR count). The fourth-order valence-electron chi connectivity index (χ4n) is 1.39. The molecule has 0 radical (unpaired) electrons. The van der Waals surface area contributed by atoms with Crippen molar-refractivity contribution in [2.75, 3.05) is 16.8 Å². The number of nitrogen functional groups attached to an aromatic ring is 1. The summed E-state index contributed by atoms with van der Waals surface area (Å²) in [6, 6.07) is 11.0. The standard InChI is InChI=1S/C13H12BrN3OS/c14-9-2-1-3-10(6-9)17-13(18)8-19-11-4-5-12(15)16-7-11/h1-7H,8H2,(H2,15,16)(H,17,18). The number of nitrogens with zero attached hydrogens (tertiary/aromatic N) is 1. The largest absolute Gasteiger partial charge is 0.384 e. The lowest BCUT2D eigenvalue weighted by Crippen LogP contribution is -2.13. The van der Waals surface area contributed by atoms with Gasteiger partial charge in [0.05, 0.1) is 5.75 Å². The zero-order valence-electron chi connectivity index (χ0n) is 9.97. The van der Waals surface area contributed by atoms with Crippen LogP contribution in [0.5, 0.6) is 0 Å². The molecule has 1 heterocycles. The van der Waals surface area contributed by atoms with Crippen LogP contribution in [0.25, 0.3) is 0 Å². The van der Waals surface area contributed by atoms with Gasteiger partial charge in [0.15, 0.2) is 0 Å². The molecule has 19 heavy (non-hydrogen) atoms. The molecule has 0 atom stereocenters. The lowest BCUT2D eigenvalue weighted by atomic mass is 10.3. The Bertz CT molecular complexity index is 574. The molecule has 0 aliphatic carbocycles. The van der Waals surface area contributed by atoms with E-state index in [9.17, 15) is 4.79 Å². The molecule has 0 spiro atoms. The van der Waals surface area contributed by atoms with E-state index in [4.69, 9.17) is 5.73 Å². The lowest BCUT2D eigenvalue weighted by molar-refractivity contribution is -0.113. The third-order valence-corrected chi connectivity index (χ3v) is 3.71. The van der Waals surface area contributed by atoms with Crippen molar-refractivity contribution in [1.82, 2.24) is 4.98 Å². The molecule has 0 aliphatic rings. The smallest absolute Gasteiger partial charge is 0.234 e. The molecule has 2 aromatic rings. The van der Waals surface area contributed by atoms with Crippen LogP contribution >= 0.6 is 27.7 Å². The minimum atomic E-state index is -0.0556. The lowest BCUT2D eigenvalue weighted by Gasteiger charge is -2.05. The number of anilines is 2. The van der Waals surface area contributed by atoms with Crippen LogP contribution in [0.4, 0.5) is 11.5 Å². The monoisotopic (exact) mass is 337 g/mol. The number of pyridine rings is 1. The van der Waals surface area contributed by atoms with Crippen molar-refractivity contribution < 1.29 is 4.79 Å². The van der Waals surface area contributed by atoms with E-state index < -0.39 is 0 Å². The second-order valence-electron chi connectivity index (χ2n) is 3.77. The first-order chi connectivity index (χ1) is 9.13. The molecule has 0 saturated carbocycles. The molecule has 0 fully saturated rings. The summed E-state index contributed by atoms with van der Waals surface area (Å²) in [5.74, 6) is 0.751. The van der Waals surface area contributed by atoms with Gasteiger partial charge < -0.3 is 11.1 Å². The molecule has 0 bridgehead atoms. The molecular formula is C13H12BrN3OS. The number of hydrogen-bond acceptors (Lipinski definition) is 4. The maximum atomic E-state index is 11.8. The van der Waals surface area contributed by atoms with Crippen LogP contribution in [-0.4, -0.2) is 16.6 Å². The van der Waals surface area contributed by atoms with Gasteiger partial charge in [0.25, 0.3) is 0 Å². The van der Waals surface area contributed by atoms with Crippen LogP contribution in [0.1, 0.15) is 0 Å². The zero-order chi connectivity index (χ0) is 13.7. The van der Waals surface area contributed by atoms with Crippen molar-refractivity contribution in [2.24, 2.45) is 0 Å². The van der Waals surface area contributed by atoms with E-state index >= 15 is 0 Å². The Hall–Kier alpha value is -1.53. The van der Waals surface area contributed by atoms with Crippen LogP contribution in [0, 0.1) is 0 Å². The van der Waals surface area contributed by atoms with Crippen LogP contribution in [0.15, 0.2) is 52.0 Å². The first kappa shape index (κ1) is 13.9. The highest BCUT2D eigenvalue weighted by Crippen LogP contribution is 2.19. The van der Waals surface area contributed by atoms with Crippen LogP contribution in [0.2, 0.25) is 0 Å².